The molecule has 0 bridgehead atoms. The lowest BCUT2D eigenvalue weighted by Crippen LogP contribution is -2.29. The van der Waals surface area contributed by atoms with Crippen LogP contribution in [-0.4, -0.2) is 6.04 Å². The highest BCUT2D eigenvalue weighted by Crippen LogP contribution is 2.34. The van der Waals surface area contributed by atoms with Crippen LogP contribution in [-0.2, 0) is 0 Å². The van der Waals surface area contributed by atoms with Gasteiger partial charge < -0.3 is 5.73 Å². The van der Waals surface area contributed by atoms with Crippen molar-refractivity contribution in [3.63, 3.8) is 0 Å². The van der Waals surface area contributed by atoms with E-state index in [1.165, 1.54) is 0 Å². The molecule has 0 saturated carbocycles. The Hall–Kier alpha value is -0.500. The van der Waals surface area contributed by atoms with Crippen molar-refractivity contribution in [3.8, 4) is 0 Å². The summed E-state index contributed by atoms with van der Waals surface area (Å²) >= 11 is 12.0. The number of allylic oxidation sites excluding steroid dienone is 1. The molecule has 0 aromatic heterocycles. The molecule has 1 aromatic rings. The van der Waals surface area contributed by atoms with Crippen molar-refractivity contribution in [2.24, 2.45) is 5.73 Å². The topological polar surface area (TPSA) is 26.0 Å². The Balaban J connectivity index is 2.32. The van der Waals surface area contributed by atoms with Crippen molar-refractivity contribution in [2.45, 2.75) is 24.8 Å². The average Bonchev–Trinajstić information content (AvgIpc) is 2.20. The van der Waals surface area contributed by atoms with E-state index in [1.807, 2.05) is 12.1 Å². The maximum absolute atomic E-state index is 6.16. The van der Waals surface area contributed by atoms with Crippen LogP contribution in [0.25, 0.3) is 0 Å². The third-order valence-corrected chi connectivity index (χ3v) is 3.41. The third-order valence-electron chi connectivity index (χ3n) is 2.84. The third kappa shape index (κ3) is 2.36. The van der Waals surface area contributed by atoms with E-state index in [1.54, 1.807) is 6.07 Å². The number of nitrogens with two attached hydrogens (primary N) is 1. The Bertz CT molecular complexity index is 387. The Morgan fingerprint density at radius 2 is 1.87 bits per heavy atom. The van der Waals surface area contributed by atoms with Gasteiger partial charge in [-0.3, -0.25) is 0 Å². The van der Waals surface area contributed by atoms with Crippen molar-refractivity contribution in [1.82, 2.24) is 0 Å². The number of halogens is 2. The SMILES string of the molecule is N[C@@H]1CC=CC[C@H]1c1ccc(Cl)cc1Cl. The molecule has 0 radical (unpaired) electrons. The molecule has 1 aliphatic carbocycles. The maximum atomic E-state index is 6.16. The van der Waals surface area contributed by atoms with E-state index in [-0.39, 0.29) is 6.04 Å². The van der Waals surface area contributed by atoms with E-state index in [0.29, 0.717) is 10.9 Å². The lowest BCUT2D eigenvalue weighted by molar-refractivity contribution is 0.521. The molecule has 1 aliphatic rings. The van der Waals surface area contributed by atoms with Gasteiger partial charge in [0.25, 0.3) is 0 Å². The van der Waals surface area contributed by atoms with E-state index < -0.39 is 0 Å². The van der Waals surface area contributed by atoms with Gasteiger partial charge in [-0.1, -0.05) is 41.4 Å². The summed E-state index contributed by atoms with van der Waals surface area (Å²) in [5.74, 6) is 0.319. The molecule has 80 valence electrons. The van der Waals surface area contributed by atoms with E-state index in [9.17, 15) is 0 Å². The summed E-state index contributed by atoms with van der Waals surface area (Å²) in [7, 11) is 0. The predicted octanol–water partition coefficient (Wildman–Crippen LogP) is 3.75. The van der Waals surface area contributed by atoms with Crippen LogP contribution in [0.2, 0.25) is 10.0 Å². The van der Waals surface area contributed by atoms with Gasteiger partial charge in [0.05, 0.1) is 0 Å². The minimum atomic E-state index is 0.161. The van der Waals surface area contributed by atoms with E-state index in [0.717, 1.165) is 23.4 Å². The Labute approximate surface area is 99.9 Å². The summed E-state index contributed by atoms with van der Waals surface area (Å²) in [6.07, 6.45) is 6.18. The molecule has 2 rings (SSSR count). The lowest BCUT2D eigenvalue weighted by Gasteiger charge is -2.26. The summed E-state index contributed by atoms with van der Waals surface area (Å²) in [4.78, 5) is 0. The van der Waals surface area contributed by atoms with Crippen LogP contribution in [0.1, 0.15) is 24.3 Å². The fourth-order valence-electron chi connectivity index (χ4n) is 2.00. The number of hydrogen-bond donors (Lipinski definition) is 1. The minimum absolute atomic E-state index is 0.161. The fraction of sp³-hybridized carbons (Fsp3) is 0.333. The smallest absolute Gasteiger partial charge is 0.0456 e. The molecule has 0 unspecified atom stereocenters. The second-order valence-electron chi connectivity index (χ2n) is 3.88. The van der Waals surface area contributed by atoms with Gasteiger partial charge in [-0.2, -0.15) is 0 Å². The molecule has 1 nitrogen and oxygen atoms in total. The average molecular weight is 242 g/mol. The van der Waals surface area contributed by atoms with Crippen LogP contribution in [0.4, 0.5) is 0 Å². The second-order valence-corrected chi connectivity index (χ2v) is 4.72. The van der Waals surface area contributed by atoms with Gasteiger partial charge in [0.1, 0.15) is 0 Å². The van der Waals surface area contributed by atoms with Gasteiger partial charge in [0.2, 0.25) is 0 Å². The summed E-state index contributed by atoms with van der Waals surface area (Å²) in [6.45, 7) is 0. The van der Waals surface area contributed by atoms with Crippen LogP contribution in [0.15, 0.2) is 30.4 Å². The minimum Gasteiger partial charge on any atom is -0.327 e. The van der Waals surface area contributed by atoms with Crippen LogP contribution >= 0.6 is 23.2 Å². The molecule has 2 atom stereocenters. The molecule has 0 heterocycles. The first-order valence-corrected chi connectivity index (χ1v) is 5.79. The molecule has 1 aromatic carbocycles. The highest BCUT2D eigenvalue weighted by molar-refractivity contribution is 6.35. The monoisotopic (exact) mass is 241 g/mol. The highest BCUT2D eigenvalue weighted by Gasteiger charge is 2.22. The van der Waals surface area contributed by atoms with Crippen molar-refractivity contribution in [1.29, 1.82) is 0 Å². The molecule has 0 saturated heterocycles. The zero-order chi connectivity index (χ0) is 10.8. The molecule has 0 aliphatic heterocycles. The summed E-state index contributed by atoms with van der Waals surface area (Å²) < 4.78 is 0. The Morgan fingerprint density at radius 1 is 1.13 bits per heavy atom. The van der Waals surface area contributed by atoms with Crippen LogP contribution in [0, 0.1) is 0 Å². The van der Waals surface area contributed by atoms with Gasteiger partial charge in [-0.25, -0.2) is 0 Å². The normalized spacial score (nSPS) is 25.5. The zero-order valence-corrected chi connectivity index (χ0v) is 9.80. The number of hydrogen-bond acceptors (Lipinski definition) is 1. The fourth-order valence-corrected chi connectivity index (χ4v) is 2.54. The van der Waals surface area contributed by atoms with E-state index in [4.69, 9.17) is 28.9 Å². The molecule has 0 fully saturated rings. The summed E-state index contributed by atoms with van der Waals surface area (Å²) in [5, 5.41) is 1.39. The van der Waals surface area contributed by atoms with Crippen LogP contribution < -0.4 is 5.73 Å². The summed E-state index contributed by atoms with van der Waals surface area (Å²) in [6, 6.07) is 5.79. The van der Waals surface area contributed by atoms with Gasteiger partial charge in [0.15, 0.2) is 0 Å². The zero-order valence-electron chi connectivity index (χ0n) is 8.29. The summed E-state index contributed by atoms with van der Waals surface area (Å²) in [5.41, 5.74) is 7.18. The predicted molar refractivity (Wildman–Crippen MR) is 65.6 cm³/mol. The molecule has 15 heavy (non-hydrogen) atoms. The first kappa shape index (κ1) is 11.0. The highest BCUT2D eigenvalue weighted by atomic mass is 35.5. The quantitative estimate of drug-likeness (QED) is 0.745. The first-order chi connectivity index (χ1) is 7.18. The van der Waals surface area contributed by atoms with E-state index >= 15 is 0 Å². The Kier molecular flexibility index (Phi) is 3.35. The molecule has 3 heteroatoms. The molecule has 0 spiro atoms. The van der Waals surface area contributed by atoms with Crippen molar-refractivity contribution in [3.05, 3.63) is 46.0 Å². The number of benzene rings is 1. The van der Waals surface area contributed by atoms with Crippen LogP contribution in [0.3, 0.4) is 0 Å². The van der Waals surface area contributed by atoms with Gasteiger partial charge in [-0.05, 0) is 30.5 Å². The first-order valence-electron chi connectivity index (χ1n) is 5.04. The van der Waals surface area contributed by atoms with Gasteiger partial charge in [0, 0.05) is 22.0 Å². The second kappa shape index (κ2) is 4.56. The van der Waals surface area contributed by atoms with Gasteiger partial charge in [-0.15, -0.1) is 0 Å². The van der Waals surface area contributed by atoms with Crippen LogP contribution in [0.5, 0.6) is 0 Å². The molecular formula is C12H13Cl2N. The largest absolute Gasteiger partial charge is 0.327 e. The molecule has 0 amide bonds. The van der Waals surface area contributed by atoms with Gasteiger partial charge >= 0.3 is 0 Å². The van der Waals surface area contributed by atoms with Crippen molar-refractivity contribution < 1.29 is 0 Å². The van der Waals surface area contributed by atoms with E-state index in [2.05, 4.69) is 12.2 Å². The van der Waals surface area contributed by atoms with Crippen molar-refractivity contribution in [2.75, 3.05) is 0 Å². The lowest BCUT2D eigenvalue weighted by atomic mass is 9.84. The standard InChI is InChI=1S/C12H13Cl2N/c13-8-5-6-9(11(14)7-8)10-3-1-2-4-12(10)15/h1-2,5-7,10,12H,3-4,15H2/t10-,12+/m0/s1. The molecule has 2 N–H and O–H groups in total. The molecular weight excluding hydrogens is 229 g/mol. The van der Waals surface area contributed by atoms with Crippen molar-refractivity contribution >= 4 is 23.2 Å². The maximum Gasteiger partial charge on any atom is 0.0456 e. The number of rotatable bonds is 1. The Morgan fingerprint density at radius 3 is 2.53 bits per heavy atom.